The first-order valence-electron chi connectivity index (χ1n) is 3.15. The molecule has 0 saturated heterocycles. The molecular weight excluding hydrogens is 218 g/mol. The Labute approximate surface area is 78.9 Å². The molecule has 0 bridgehead atoms. The van der Waals surface area contributed by atoms with E-state index in [0.29, 0.717) is 6.26 Å². The van der Waals surface area contributed by atoms with E-state index in [0.717, 1.165) is 0 Å². The zero-order chi connectivity index (χ0) is 11.6. The van der Waals surface area contributed by atoms with E-state index in [-0.39, 0.29) is 0 Å². The van der Waals surface area contributed by atoms with Crippen LogP contribution in [0.15, 0.2) is 10.8 Å². The first kappa shape index (κ1) is 10.4. The lowest BCUT2D eigenvalue weighted by atomic mass is 10.3. The zero-order valence-corrected chi connectivity index (χ0v) is 6.67. The van der Waals surface area contributed by atoms with Gasteiger partial charge >= 0.3 is 11.5 Å². The minimum absolute atomic E-state index is 0.369. The Morgan fingerprint density at radius 3 is 1.87 bits per heavy atom. The number of rotatable bonds is 4. The van der Waals surface area contributed by atoms with E-state index in [1.54, 1.807) is 0 Å². The van der Waals surface area contributed by atoms with Crippen LogP contribution in [0.3, 0.4) is 0 Å². The minimum Gasteiger partial charge on any atom is -0.344 e. The molecule has 0 N–H and O–H groups in total. The van der Waals surface area contributed by atoms with Crippen LogP contribution in [0.5, 0.6) is 0 Å². The highest BCUT2D eigenvalue weighted by Gasteiger charge is 2.75. The average molecular weight is 219 g/mol. The summed E-state index contributed by atoms with van der Waals surface area (Å²) in [5, 5.41) is 36.8. The Balaban J connectivity index is 3.47. The van der Waals surface area contributed by atoms with Gasteiger partial charge in [-0.25, -0.2) is 0 Å². The van der Waals surface area contributed by atoms with Crippen LogP contribution in [-0.4, -0.2) is 25.1 Å². The molecule has 0 radical (unpaired) electrons. The number of hydrogen-bond acceptors (Lipinski definition) is 9. The second-order valence-corrected chi connectivity index (χ2v) is 2.20. The molecule has 1 heterocycles. The summed E-state index contributed by atoms with van der Waals surface area (Å²) in [5.74, 6) is -3.78. The number of nitrogens with zero attached hydrogens (tertiary/aromatic N) is 5. The van der Waals surface area contributed by atoms with Gasteiger partial charge in [0, 0.05) is 5.27 Å². The smallest absolute Gasteiger partial charge is 0.344 e. The zero-order valence-electron chi connectivity index (χ0n) is 6.67. The van der Waals surface area contributed by atoms with E-state index in [9.17, 15) is 30.3 Å². The van der Waals surface area contributed by atoms with Gasteiger partial charge in [0.2, 0.25) is 0 Å². The third kappa shape index (κ3) is 1.23. The van der Waals surface area contributed by atoms with Crippen molar-refractivity contribution >= 4 is 0 Å². The summed E-state index contributed by atoms with van der Waals surface area (Å²) >= 11 is 0. The summed E-state index contributed by atoms with van der Waals surface area (Å²) in [4.78, 5) is 26.2. The van der Waals surface area contributed by atoms with Crippen LogP contribution < -0.4 is 0 Å². The Morgan fingerprint density at radius 1 is 1.13 bits per heavy atom. The molecular formula is C3HN5O7. The maximum Gasteiger partial charge on any atom is 0.750 e. The summed E-state index contributed by atoms with van der Waals surface area (Å²) < 4.78 is 4.00. The second-order valence-electron chi connectivity index (χ2n) is 2.20. The molecule has 0 atom stereocenters. The first-order valence-corrected chi connectivity index (χ1v) is 3.15. The van der Waals surface area contributed by atoms with Gasteiger partial charge in [-0.1, -0.05) is 5.10 Å². The Kier molecular flexibility index (Phi) is 2.25. The molecule has 15 heavy (non-hydrogen) atoms. The Morgan fingerprint density at radius 2 is 1.60 bits per heavy atom. The molecule has 1 aromatic heterocycles. The lowest BCUT2D eigenvalue weighted by Crippen LogP contribution is -2.50. The van der Waals surface area contributed by atoms with Crippen molar-refractivity contribution in [3.63, 3.8) is 0 Å². The maximum atomic E-state index is 10.4. The number of hydrogen-bond donors (Lipinski definition) is 0. The van der Waals surface area contributed by atoms with Crippen molar-refractivity contribution in [1.82, 2.24) is 10.4 Å². The first-order chi connectivity index (χ1) is 6.94. The molecule has 0 saturated carbocycles. The molecule has 0 aliphatic carbocycles. The molecule has 0 spiro atoms. The minimum atomic E-state index is -3.78. The van der Waals surface area contributed by atoms with Gasteiger partial charge in [-0.15, -0.1) is 0 Å². The fourth-order valence-corrected chi connectivity index (χ4v) is 0.791. The molecule has 12 nitrogen and oxygen atoms in total. The fourth-order valence-electron chi connectivity index (χ4n) is 0.791. The third-order valence-corrected chi connectivity index (χ3v) is 1.47. The summed E-state index contributed by atoms with van der Waals surface area (Å²) in [6.07, 6.45) is 0.369. The van der Waals surface area contributed by atoms with Gasteiger partial charge in [0.25, 0.3) is 0 Å². The van der Waals surface area contributed by atoms with Gasteiger partial charge in [0.1, 0.15) is 0 Å². The molecule has 0 aromatic carbocycles. The lowest BCUT2D eigenvalue weighted by Gasteiger charge is -2.04. The molecule has 1 rings (SSSR count). The third-order valence-electron chi connectivity index (χ3n) is 1.47. The maximum absolute atomic E-state index is 10.4. The predicted octanol–water partition coefficient (Wildman–Crippen LogP) is -0.990. The molecule has 12 heteroatoms. The summed E-state index contributed by atoms with van der Waals surface area (Å²) in [6, 6.07) is 0. The van der Waals surface area contributed by atoms with Crippen molar-refractivity contribution in [2.24, 2.45) is 0 Å². The quantitative estimate of drug-likeness (QED) is 0.350. The molecule has 0 amide bonds. The molecule has 0 aliphatic heterocycles. The van der Waals surface area contributed by atoms with Gasteiger partial charge in [0.15, 0.2) is 21.0 Å². The van der Waals surface area contributed by atoms with Crippen LogP contribution in [0, 0.1) is 30.3 Å². The van der Waals surface area contributed by atoms with Crippen molar-refractivity contribution in [2.45, 2.75) is 5.79 Å². The highest BCUT2D eigenvalue weighted by atomic mass is 16.7. The van der Waals surface area contributed by atoms with Gasteiger partial charge in [0.05, 0.1) is 0 Å². The van der Waals surface area contributed by atoms with Gasteiger partial charge in [-0.3, -0.25) is 30.3 Å². The van der Waals surface area contributed by atoms with Crippen LogP contribution >= 0.6 is 0 Å². The second kappa shape index (κ2) is 3.24. The molecule has 0 unspecified atom stereocenters. The van der Waals surface area contributed by atoms with Crippen LogP contribution in [-0.2, 0) is 5.79 Å². The van der Waals surface area contributed by atoms with E-state index >= 15 is 0 Å². The summed E-state index contributed by atoms with van der Waals surface area (Å²) in [6.45, 7) is 0. The van der Waals surface area contributed by atoms with E-state index in [2.05, 4.69) is 14.9 Å². The summed E-state index contributed by atoms with van der Waals surface area (Å²) in [5.41, 5.74) is -1.11. The van der Waals surface area contributed by atoms with Crippen molar-refractivity contribution < 1.29 is 19.3 Å². The van der Waals surface area contributed by atoms with Crippen LogP contribution in [0.4, 0.5) is 0 Å². The molecule has 0 aliphatic rings. The highest BCUT2D eigenvalue weighted by Crippen LogP contribution is 2.24. The van der Waals surface area contributed by atoms with Crippen molar-refractivity contribution in [3.8, 4) is 0 Å². The van der Waals surface area contributed by atoms with E-state index < -0.39 is 26.3 Å². The van der Waals surface area contributed by atoms with E-state index in [1.807, 2.05) is 0 Å². The molecule has 1 aromatic rings. The van der Waals surface area contributed by atoms with Crippen LogP contribution in [0.25, 0.3) is 0 Å². The van der Waals surface area contributed by atoms with Crippen LogP contribution in [0.1, 0.15) is 5.69 Å². The monoisotopic (exact) mass is 219 g/mol. The van der Waals surface area contributed by atoms with E-state index in [1.165, 1.54) is 0 Å². The number of aromatic nitrogens is 2. The van der Waals surface area contributed by atoms with Crippen LogP contribution in [0.2, 0.25) is 0 Å². The lowest BCUT2D eigenvalue weighted by molar-refractivity contribution is -0.986. The predicted molar refractivity (Wildman–Crippen MR) is 37.0 cm³/mol. The SMILES string of the molecule is O=[N+]([O-])C(c1conn1)([N+](=O)[O-])[N+](=O)[O-]. The normalized spacial score (nSPS) is 10.9. The Bertz CT molecular complexity index is 374. The average Bonchev–Trinajstić information content (AvgIpc) is 2.55. The van der Waals surface area contributed by atoms with E-state index in [4.69, 9.17) is 0 Å². The van der Waals surface area contributed by atoms with Gasteiger partial charge in [-0.05, 0) is 0 Å². The van der Waals surface area contributed by atoms with Crippen molar-refractivity contribution in [1.29, 1.82) is 0 Å². The van der Waals surface area contributed by atoms with Gasteiger partial charge < -0.3 is 4.52 Å². The topological polar surface area (TPSA) is 168 Å². The molecule has 80 valence electrons. The highest BCUT2D eigenvalue weighted by molar-refractivity contribution is 4.93. The van der Waals surface area contributed by atoms with Crippen molar-refractivity contribution in [3.05, 3.63) is 42.3 Å². The number of nitro groups is 3. The largest absolute Gasteiger partial charge is 0.750 e. The van der Waals surface area contributed by atoms with Crippen molar-refractivity contribution in [2.75, 3.05) is 0 Å². The molecule has 0 fully saturated rings. The van der Waals surface area contributed by atoms with Gasteiger partial charge in [-0.2, -0.15) is 0 Å². The fraction of sp³-hybridized carbons (Fsp3) is 0.333. The Hall–Kier alpha value is -2.66. The summed E-state index contributed by atoms with van der Waals surface area (Å²) in [7, 11) is 0. The standard InChI is InChI=1S/C3HN5O7/c9-6(10)3(7(11)12,8(13)14)2-1-15-5-4-2/h1H.